The summed E-state index contributed by atoms with van der Waals surface area (Å²) in [7, 11) is 1.62. The molecule has 0 aliphatic heterocycles. The second-order valence-electron chi connectivity index (χ2n) is 4.61. The van der Waals surface area contributed by atoms with Crippen molar-refractivity contribution in [3.8, 4) is 5.75 Å². The molecule has 0 atom stereocenters. The summed E-state index contributed by atoms with van der Waals surface area (Å²) in [6.45, 7) is 4.18. The molecule has 0 fully saturated rings. The first-order valence-electron chi connectivity index (χ1n) is 6.49. The lowest BCUT2D eigenvalue weighted by Crippen LogP contribution is -2.14. The molecule has 21 heavy (non-hydrogen) atoms. The normalized spacial score (nSPS) is 10.7. The molecule has 1 N–H and O–H groups in total. The maximum absolute atomic E-state index is 12.0. The third-order valence-electron chi connectivity index (χ3n) is 2.51. The second-order valence-corrected chi connectivity index (χ2v) is 7.41. The standard InChI is InChI=1S/C14H17N3O2S2/c1-9(2)20-14-17-16-13(21-14)15-12(18)8-10-4-6-11(19-3)7-5-10/h4-7,9H,8H2,1-3H3,(H,15,16,18). The van der Waals surface area contributed by atoms with E-state index in [1.807, 2.05) is 24.3 Å². The average molecular weight is 323 g/mol. The third kappa shape index (κ3) is 5.02. The molecular weight excluding hydrogens is 306 g/mol. The maximum atomic E-state index is 12.0. The first-order chi connectivity index (χ1) is 10.1. The molecule has 0 aliphatic carbocycles. The zero-order valence-corrected chi connectivity index (χ0v) is 13.8. The largest absolute Gasteiger partial charge is 0.497 e. The fourth-order valence-corrected chi connectivity index (χ4v) is 3.59. The van der Waals surface area contributed by atoms with Gasteiger partial charge in [0, 0.05) is 5.25 Å². The number of nitrogens with zero attached hydrogens (tertiary/aromatic N) is 2. The summed E-state index contributed by atoms with van der Waals surface area (Å²) in [5.74, 6) is 0.677. The van der Waals surface area contributed by atoms with Crippen molar-refractivity contribution in [3.05, 3.63) is 29.8 Å². The molecule has 1 aromatic carbocycles. The van der Waals surface area contributed by atoms with Gasteiger partial charge < -0.3 is 10.1 Å². The van der Waals surface area contributed by atoms with Gasteiger partial charge >= 0.3 is 0 Å². The number of benzene rings is 1. The van der Waals surface area contributed by atoms with Crippen LogP contribution in [-0.4, -0.2) is 28.5 Å². The van der Waals surface area contributed by atoms with Crippen molar-refractivity contribution in [3.63, 3.8) is 0 Å². The molecule has 0 spiro atoms. The predicted molar refractivity (Wildman–Crippen MR) is 86.2 cm³/mol. The Bertz CT molecular complexity index is 597. The Labute approximate surface area is 132 Å². The average Bonchev–Trinajstić information content (AvgIpc) is 2.85. The predicted octanol–water partition coefficient (Wildman–Crippen LogP) is 3.23. The minimum atomic E-state index is -0.0996. The summed E-state index contributed by atoms with van der Waals surface area (Å²) in [4.78, 5) is 12.0. The quantitative estimate of drug-likeness (QED) is 0.653. The van der Waals surface area contributed by atoms with Gasteiger partial charge in [0.1, 0.15) is 5.75 Å². The van der Waals surface area contributed by atoms with E-state index in [9.17, 15) is 4.79 Å². The van der Waals surface area contributed by atoms with Crippen LogP contribution in [0, 0.1) is 0 Å². The van der Waals surface area contributed by atoms with E-state index in [0.717, 1.165) is 15.7 Å². The molecule has 5 nitrogen and oxygen atoms in total. The monoisotopic (exact) mass is 323 g/mol. The Hall–Kier alpha value is -1.60. The molecule has 1 aromatic heterocycles. The number of aromatic nitrogens is 2. The van der Waals surface area contributed by atoms with Crippen molar-refractivity contribution in [2.45, 2.75) is 29.9 Å². The van der Waals surface area contributed by atoms with Gasteiger partial charge in [-0.2, -0.15) is 0 Å². The van der Waals surface area contributed by atoms with Crippen molar-refractivity contribution in [2.24, 2.45) is 0 Å². The van der Waals surface area contributed by atoms with E-state index in [0.29, 0.717) is 16.8 Å². The fourth-order valence-electron chi connectivity index (χ4n) is 1.60. The van der Waals surface area contributed by atoms with E-state index in [2.05, 4.69) is 29.4 Å². The minimum Gasteiger partial charge on any atom is -0.497 e. The van der Waals surface area contributed by atoms with E-state index in [4.69, 9.17) is 4.74 Å². The topological polar surface area (TPSA) is 64.1 Å². The van der Waals surface area contributed by atoms with Gasteiger partial charge in [0.2, 0.25) is 11.0 Å². The van der Waals surface area contributed by atoms with Crippen molar-refractivity contribution < 1.29 is 9.53 Å². The molecule has 112 valence electrons. The van der Waals surface area contributed by atoms with Crippen molar-refractivity contribution in [1.82, 2.24) is 10.2 Å². The second kappa shape index (κ2) is 7.42. The molecule has 1 amide bonds. The van der Waals surface area contributed by atoms with Crippen LogP contribution in [0.4, 0.5) is 5.13 Å². The molecule has 2 rings (SSSR count). The Morgan fingerprint density at radius 1 is 1.33 bits per heavy atom. The summed E-state index contributed by atoms with van der Waals surface area (Å²) in [6, 6.07) is 7.42. The zero-order valence-electron chi connectivity index (χ0n) is 12.1. The van der Waals surface area contributed by atoms with Gasteiger partial charge in [0.15, 0.2) is 4.34 Å². The number of hydrogen-bond donors (Lipinski definition) is 1. The van der Waals surface area contributed by atoms with Crippen LogP contribution in [0.25, 0.3) is 0 Å². The molecule has 0 aliphatic rings. The number of nitrogens with one attached hydrogen (secondary N) is 1. The molecule has 7 heteroatoms. The Morgan fingerprint density at radius 2 is 2.05 bits per heavy atom. The molecule has 0 radical (unpaired) electrons. The van der Waals surface area contributed by atoms with E-state index < -0.39 is 0 Å². The fraction of sp³-hybridized carbons (Fsp3) is 0.357. The SMILES string of the molecule is COc1ccc(CC(=O)Nc2nnc(SC(C)C)s2)cc1. The number of anilines is 1. The van der Waals surface area contributed by atoms with E-state index in [1.165, 1.54) is 11.3 Å². The van der Waals surface area contributed by atoms with Crippen LogP contribution in [0.3, 0.4) is 0 Å². The van der Waals surface area contributed by atoms with Crippen LogP contribution >= 0.6 is 23.1 Å². The highest BCUT2D eigenvalue weighted by Crippen LogP contribution is 2.28. The summed E-state index contributed by atoms with van der Waals surface area (Å²) < 4.78 is 5.95. The molecule has 0 bridgehead atoms. The smallest absolute Gasteiger partial charge is 0.230 e. The third-order valence-corrected chi connectivity index (χ3v) is 4.44. The van der Waals surface area contributed by atoms with Gasteiger partial charge in [-0.3, -0.25) is 4.79 Å². The van der Waals surface area contributed by atoms with Crippen molar-refractivity contribution in [1.29, 1.82) is 0 Å². The minimum absolute atomic E-state index is 0.0996. The van der Waals surface area contributed by atoms with Crippen LogP contribution in [0.15, 0.2) is 28.6 Å². The molecule has 1 heterocycles. The van der Waals surface area contributed by atoms with Crippen molar-refractivity contribution in [2.75, 3.05) is 12.4 Å². The Balaban J connectivity index is 1.90. The summed E-state index contributed by atoms with van der Waals surface area (Å²) >= 11 is 3.03. The van der Waals surface area contributed by atoms with Gasteiger partial charge in [0.25, 0.3) is 0 Å². The zero-order chi connectivity index (χ0) is 15.2. The van der Waals surface area contributed by atoms with Gasteiger partial charge in [-0.25, -0.2) is 0 Å². The highest BCUT2D eigenvalue weighted by Gasteiger charge is 2.10. The van der Waals surface area contributed by atoms with Crippen LogP contribution in [-0.2, 0) is 11.2 Å². The van der Waals surface area contributed by atoms with Gasteiger partial charge in [-0.05, 0) is 17.7 Å². The van der Waals surface area contributed by atoms with Gasteiger partial charge in [-0.15, -0.1) is 10.2 Å². The number of carbonyl (C=O) groups is 1. The van der Waals surface area contributed by atoms with Crippen LogP contribution in [0.2, 0.25) is 0 Å². The highest BCUT2D eigenvalue weighted by molar-refractivity contribution is 8.01. The van der Waals surface area contributed by atoms with E-state index >= 15 is 0 Å². The molecule has 0 saturated heterocycles. The number of amides is 1. The first-order valence-corrected chi connectivity index (χ1v) is 8.19. The van der Waals surface area contributed by atoms with E-state index in [-0.39, 0.29) is 5.91 Å². The van der Waals surface area contributed by atoms with E-state index in [1.54, 1.807) is 18.9 Å². The van der Waals surface area contributed by atoms with Crippen LogP contribution < -0.4 is 10.1 Å². The summed E-state index contributed by atoms with van der Waals surface area (Å²) in [6.07, 6.45) is 0.302. The molecular formula is C14H17N3O2S2. The van der Waals surface area contributed by atoms with Crippen LogP contribution in [0.1, 0.15) is 19.4 Å². The lowest BCUT2D eigenvalue weighted by Gasteiger charge is -2.03. The Kier molecular flexibility index (Phi) is 5.58. The lowest BCUT2D eigenvalue weighted by molar-refractivity contribution is -0.115. The summed E-state index contributed by atoms with van der Waals surface area (Å²) in [5.41, 5.74) is 0.926. The van der Waals surface area contributed by atoms with Gasteiger partial charge in [0.05, 0.1) is 13.5 Å². The van der Waals surface area contributed by atoms with Crippen molar-refractivity contribution >= 4 is 34.1 Å². The number of methoxy groups -OCH3 is 1. The van der Waals surface area contributed by atoms with Gasteiger partial charge in [-0.1, -0.05) is 49.1 Å². The maximum Gasteiger partial charge on any atom is 0.230 e. The number of hydrogen-bond acceptors (Lipinski definition) is 6. The summed E-state index contributed by atoms with van der Waals surface area (Å²) in [5, 5.41) is 11.8. The Morgan fingerprint density at radius 3 is 2.67 bits per heavy atom. The number of thioether (sulfide) groups is 1. The molecule has 0 saturated carbocycles. The first kappa shape index (κ1) is 15.8. The number of carbonyl (C=O) groups excluding carboxylic acids is 1. The number of ether oxygens (including phenoxy) is 1. The highest BCUT2D eigenvalue weighted by atomic mass is 32.2. The molecule has 0 unspecified atom stereocenters. The number of rotatable bonds is 6. The molecule has 2 aromatic rings. The lowest BCUT2D eigenvalue weighted by atomic mass is 10.1. The van der Waals surface area contributed by atoms with Crippen LogP contribution in [0.5, 0.6) is 5.75 Å².